The minimum Gasteiger partial charge on any atom is -0.390 e. The zero-order valence-electron chi connectivity index (χ0n) is 24.2. The van der Waals surface area contributed by atoms with Crippen molar-refractivity contribution < 1.29 is 14.7 Å². The number of hydrogen-bond acceptors (Lipinski definition) is 8. The summed E-state index contributed by atoms with van der Waals surface area (Å²) in [4.78, 5) is 43.4. The first-order valence-corrected chi connectivity index (χ1v) is 15.4. The standard InChI is InChI=1S/C31H43N7O3/c1-22(39)35-16-10-25(11-17-35)32-29-19-26(33-31(34-29)36-13-5-2-6-14-36)30(41)38-18-12-27(28(40)21-38)37-15-9-23-7-3-4-8-24(23)20-37/h3-4,7-8,19,25,27-28,40H,2,5-6,9-18,20-21H2,1H3,(H,32,33,34)/t27-,28-/m1/s1. The molecule has 4 aliphatic heterocycles. The van der Waals surface area contributed by atoms with E-state index in [2.05, 4.69) is 39.4 Å². The van der Waals surface area contributed by atoms with Crippen LogP contribution in [0.25, 0.3) is 0 Å². The summed E-state index contributed by atoms with van der Waals surface area (Å²) in [6, 6.07) is 10.5. The van der Waals surface area contributed by atoms with Gasteiger partial charge < -0.3 is 25.1 Å². The van der Waals surface area contributed by atoms with Crippen molar-refractivity contribution >= 4 is 23.6 Å². The van der Waals surface area contributed by atoms with E-state index in [9.17, 15) is 14.7 Å². The van der Waals surface area contributed by atoms with Gasteiger partial charge in [0, 0.05) is 77.4 Å². The number of fused-ring (bicyclic) bond motifs is 1. The number of β-amino-alcohol motifs (C(OH)–C–C–N with tert-alkyl or cyclic N) is 1. The molecule has 4 aliphatic rings. The van der Waals surface area contributed by atoms with Crippen LogP contribution in [0.3, 0.4) is 0 Å². The fourth-order valence-corrected chi connectivity index (χ4v) is 6.89. The van der Waals surface area contributed by atoms with Crippen LogP contribution in [0.15, 0.2) is 30.3 Å². The number of benzene rings is 1. The average Bonchev–Trinajstić information content (AvgIpc) is 3.01. The van der Waals surface area contributed by atoms with Crippen molar-refractivity contribution in [2.45, 2.75) is 76.6 Å². The van der Waals surface area contributed by atoms with Gasteiger partial charge in [0.05, 0.1) is 6.10 Å². The van der Waals surface area contributed by atoms with Crippen LogP contribution in [0.2, 0.25) is 0 Å². The van der Waals surface area contributed by atoms with Gasteiger partial charge in [-0.25, -0.2) is 4.98 Å². The van der Waals surface area contributed by atoms with E-state index in [1.807, 2.05) is 4.90 Å². The minimum atomic E-state index is -0.606. The third-order valence-electron chi connectivity index (χ3n) is 9.33. The summed E-state index contributed by atoms with van der Waals surface area (Å²) < 4.78 is 0. The molecule has 2 N–H and O–H groups in total. The highest BCUT2D eigenvalue weighted by Gasteiger charge is 2.36. The van der Waals surface area contributed by atoms with Gasteiger partial charge >= 0.3 is 0 Å². The summed E-state index contributed by atoms with van der Waals surface area (Å²) in [5.41, 5.74) is 3.11. The second-order valence-corrected chi connectivity index (χ2v) is 12.1. The highest BCUT2D eigenvalue weighted by Crippen LogP contribution is 2.27. The highest BCUT2D eigenvalue weighted by molar-refractivity contribution is 5.93. The molecular weight excluding hydrogens is 518 g/mol. The summed E-state index contributed by atoms with van der Waals surface area (Å²) in [7, 11) is 0. The van der Waals surface area contributed by atoms with Gasteiger partial charge in [0.15, 0.2) is 0 Å². The van der Waals surface area contributed by atoms with Gasteiger partial charge in [0.1, 0.15) is 11.5 Å². The zero-order chi connectivity index (χ0) is 28.3. The predicted octanol–water partition coefficient (Wildman–Crippen LogP) is 2.52. The number of likely N-dealkylation sites (tertiary alicyclic amines) is 2. The Labute approximate surface area is 242 Å². The molecule has 0 aliphatic carbocycles. The Balaban J connectivity index is 1.15. The number of carbonyl (C=O) groups excluding carboxylic acids is 2. The fraction of sp³-hybridized carbons (Fsp3) is 0.613. The molecule has 5 heterocycles. The lowest BCUT2D eigenvalue weighted by atomic mass is 9.94. The number of aliphatic hydroxyl groups is 1. The van der Waals surface area contributed by atoms with Gasteiger partial charge in [-0.3, -0.25) is 14.5 Å². The molecule has 0 radical (unpaired) electrons. The monoisotopic (exact) mass is 561 g/mol. The van der Waals surface area contributed by atoms with Gasteiger partial charge in [0.25, 0.3) is 5.91 Å². The normalized spacial score (nSPS) is 24.2. The number of rotatable bonds is 5. The molecular formula is C31H43N7O3. The van der Waals surface area contributed by atoms with Gasteiger partial charge in [-0.1, -0.05) is 24.3 Å². The van der Waals surface area contributed by atoms with E-state index in [1.165, 1.54) is 17.5 Å². The topological polar surface area (TPSA) is 105 Å². The molecule has 6 rings (SSSR count). The number of anilines is 2. The molecule has 41 heavy (non-hydrogen) atoms. The maximum Gasteiger partial charge on any atom is 0.272 e. The maximum absolute atomic E-state index is 13.8. The van der Waals surface area contributed by atoms with Crippen molar-refractivity contribution in [3.05, 3.63) is 47.2 Å². The molecule has 3 saturated heterocycles. The summed E-state index contributed by atoms with van der Waals surface area (Å²) in [5.74, 6) is 1.22. The number of aromatic nitrogens is 2. The fourth-order valence-electron chi connectivity index (χ4n) is 6.89. The van der Waals surface area contributed by atoms with Crippen molar-refractivity contribution in [2.75, 3.05) is 56.0 Å². The van der Waals surface area contributed by atoms with Gasteiger partial charge in [0.2, 0.25) is 11.9 Å². The highest BCUT2D eigenvalue weighted by atomic mass is 16.3. The van der Waals surface area contributed by atoms with Crippen LogP contribution in [-0.4, -0.2) is 106 Å². The smallest absolute Gasteiger partial charge is 0.272 e. The second kappa shape index (κ2) is 12.3. The molecule has 0 unspecified atom stereocenters. The molecule has 2 aromatic rings. The maximum atomic E-state index is 13.8. The first-order valence-electron chi connectivity index (χ1n) is 15.4. The van der Waals surface area contributed by atoms with Crippen LogP contribution in [0.4, 0.5) is 11.8 Å². The lowest BCUT2D eigenvalue weighted by Gasteiger charge is -2.43. The quantitative estimate of drug-likeness (QED) is 0.574. The number of amides is 2. The molecule has 0 bridgehead atoms. The molecule has 1 aromatic heterocycles. The predicted molar refractivity (Wildman–Crippen MR) is 158 cm³/mol. The molecule has 10 nitrogen and oxygen atoms in total. The van der Waals surface area contributed by atoms with Crippen LogP contribution in [-0.2, 0) is 17.8 Å². The van der Waals surface area contributed by atoms with E-state index >= 15 is 0 Å². The number of piperidine rings is 3. The first-order chi connectivity index (χ1) is 19.9. The Hall–Kier alpha value is -3.24. The van der Waals surface area contributed by atoms with Crippen molar-refractivity contribution in [1.29, 1.82) is 0 Å². The minimum absolute atomic E-state index is 0.0415. The lowest BCUT2D eigenvalue weighted by molar-refractivity contribution is -0.129. The summed E-state index contributed by atoms with van der Waals surface area (Å²) >= 11 is 0. The Morgan fingerprint density at radius 1 is 0.902 bits per heavy atom. The van der Waals surface area contributed by atoms with Crippen LogP contribution in [0.5, 0.6) is 0 Å². The van der Waals surface area contributed by atoms with E-state index < -0.39 is 6.10 Å². The third-order valence-corrected chi connectivity index (χ3v) is 9.33. The van der Waals surface area contributed by atoms with E-state index in [1.54, 1.807) is 17.9 Å². The second-order valence-electron chi connectivity index (χ2n) is 12.1. The Morgan fingerprint density at radius 3 is 2.37 bits per heavy atom. The Morgan fingerprint density at radius 2 is 1.63 bits per heavy atom. The van der Waals surface area contributed by atoms with E-state index in [4.69, 9.17) is 9.97 Å². The number of aliphatic hydroxyl groups excluding tert-OH is 1. The summed E-state index contributed by atoms with van der Waals surface area (Å²) in [5, 5.41) is 14.8. The SMILES string of the molecule is CC(=O)N1CCC(Nc2cc(C(=O)N3CC[C@@H](N4CCc5ccccc5C4)[C@H](O)C3)nc(N3CCCCC3)n2)CC1. The molecule has 2 atom stereocenters. The van der Waals surface area contributed by atoms with Crippen LogP contribution >= 0.6 is 0 Å². The molecule has 10 heteroatoms. The van der Waals surface area contributed by atoms with Gasteiger partial charge in [-0.2, -0.15) is 4.98 Å². The molecule has 0 spiro atoms. The van der Waals surface area contributed by atoms with Gasteiger partial charge in [-0.05, 0) is 56.1 Å². The third kappa shape index (κ3) is 6.33. The van der Waals surface area contributed by atoms with Crippen LogP contribution in [0, 0.1) is 0 Å². The van der Waals surface area contributed by atoms with Crippen molar-refractivity contribution in [3.8, 4) is 0 Å². The van der Waals surface area contributed by atoms with Crippen molar-refractivity contribution in [2.24, 2.45) is 0 Å². The molecule has 0 saturated carbocycles. The first kappa shape index (κ1) is 27.9. The summed E-state index contributed by atoms with van der Waals surface area (Å²) in [6.45, 7) is 7.50. The molecule has 220 valence electrons. The van der Waals surface area contributed by atoms with E-state index in [0.29, 0.717) is 30.5 Å². The molecule has 1 aromatic carbocycles. The lowest BCUT2D eigenvalue weighted by Crippen LogP contribution is -2.56. The van der Waals surface area contributed by atoms with Gasteiger partial charge in [-0.15, -0.1) is 0 Å². The number of carbonyl (C=O) groups is 2. The van der Waals surface area contributed by atoms with E-state index in [-0.39, 0.29) is 23.9 Å². The molecule has 3 fully saturated rings. The molecule has 2 amide bonds. The number of nitrogens with zero attached hydrogens (tertiary/aromatic N) is 6. The largest absolute Gasteiger partial charge is 0.390 e. The Bertz CT molecular complexity index is 1240. The van der Waals surface area contributed by atoms with Crippen LogP contribution < -0.4 is 10.2 Å². The number of hydrogen-bond donors (Lipinski definition) is 2. The zero-order valence-corrected chi connectivity index (χ0v) is 24.2. The van der Waals surface area contributed by atoms with E-state index in [0.717, 1.165) is 77.8 Å². The van der Waals surface area contributed by atoms with Crippen molar-refractivity contribution in [3.63, 3.8) is 0 Å². The van der Waals surface area contributed by atoms with Crippen molar-refractivity contribution in [1.82, 2.24) is 24.7 Å². The number of nitrogens with one attached hydrogen (secondary N) is 1. The average molecular weight is 562 g/mol. The summed E-state index contributed by atoms with van der Waals surface area (Å²) in [6.07, 6.45) is 6.18. The Kier molecular flexibility index (Phi) is 8.39. The van der Waals surface area contributed by atoms with Crippen LogP contribution in [0.1, 0.15) is 67.1 Å².